The Morgan fingerprint density at radius 2 is 1.69 bits per heavy atom. The first-order chi connectivity index (χ1) is 6.17. The molecular weight excluding hydrogens is 178 g/mol. The van der Waals surface area contributed by atoms with E-state index in [9.17, 15) is 9.59 Å². The Labute approximate surface area is 74.4 Å². The van der Waals surface area contributed by atoms with E-state index < -0.39 is 11.9 Å². The van der Waals surface area contributed by atoms with E-state index >= 15 is 0 Å². The van der Waals surface area contributed by atoms with Crippen molar-refractivity contribution in [1.82, 2.24) is 0 Å². The summed E-state index contributed by atoms with van der Waals surface area (Å²) >= 11 is 0. The number of oxime groups is 1. The van der Waals surface area contributed by atoms with Crippen LogP contribution < -0.4 is 0 Å². The molecule has 0 aliphatic rings. The minimum Gasteiger partial charge on any atom is -0.465 e. The fourth-order valence-corrected chi connectivity index (χ4v) is 0.547. The van der Waals surface area contributed by atoms with Crippen molar-refractivity contribution in [2.75, 3.05) is 14.2 Å². The molecule has 0 rings (SSSR count). The zero-order valence-electron chi connectivity index (χ0n) is 7.18. The molecule has 0 saturated carbocycles. The van der Waals surface area contributed by atoms with E-state index in [1.807, 2.05) is 0 Å². The Bertz CT molecular complexity index is 238. The predicted octanol–water partition coefficient (Wildman–Crippen LogP) is -0.281. The van der Waals surface area contributed by atoms with E-state index in [2.05, 4.69) is 14.6 Å². The minimum absolute atomic E-state index is 0.345. The van der Waals surface area contributed by atoms with Crippen LogP contribution in [0.3, 0.4) is 0 Å². The molecule has 0 bridgehead atoms. The molecule has 72 valence electrons. The maximum Gasteiger partial charge on any atom is 0.345 e. The Hall–Kier alpha value is -1.85. The summed E-state index contributed by atoms with van der Waals surface area (Å²) < 4.78 is 8.56. The van der Waals surface area contributed by atoms with Gasteiger partial charge in [0.25, 0.3) is 0 Å². The summed E-state index contributed by atoms with van der Waals surface area (Å²) in [5.41, 5.74) is -0.345. The van der Waals surface area contributed by atoms with E-state index in [4.69, 9.17) is 5.21 Å². The summed E-state index contributed by atoms with van der Waals surface area (Å²) in [5, 5.41) is 10.6. The smallest absolute Gasteiger partial charge is 0.345 e. The van der Waals surface area contributed by atoms with Crippen LogP contribution in [0.15, 0.2) is 16.8 Å². The van der Waals surface area contributed by atoms with E-state index in [-0.39, 0.29) is 5.57 Å². The summed E-state index contributed by atoms with van der Waals surface area (Å²) in [6.45, 7) is 0. The predicted molar refractivity (Wildman–Crippen MR) is 42.4 cm³/mol. The molecule has 1 N–H and O–H groups in total. The number of esters is 2. The third kappa shape index (κ3) is 3.37. The van der Waals surface area contributed by atoms with E-state index in [0.717, 1.165) is 26.5 Å². The molecule has 0 radical (unpaired) electrons. The highest BCUT2D eigenvalue weighted by molar-refractivity contribution is 6.16. The van der Waals surface area contributed by atoms with Gasteiger partial charge in [0.1, 0.15) is 5.57 Å². The first-order valence-corrected chi connectivity index (χ1v) is 3.21. The van der Waals surface area contributed by atoms with Crippen LogP contribution in [0, 0.1) is 0 Å². The fourth-order valence-electron chi connectivity index (χ4n) is 0.547. The molecule has 0 atom stereocenters. The van der Waals surface area contributed by atoms with E-state index in [1.54, 1.807) is 0 Å². The normalized spacial score (nSPS) is 9.38. The van der Waals surface area contributed by atoms with Gasteiger partial charge in [0.15, 0.2) is 0 Å². The quantitative estimate of drug-likeness (QED) is 0.125. The maximum absolute atomic E-state index is 10.9. The van der Waals surface area contributed by atoms with Crippen molar-refractivity contribution in [1.29, 1.82) is 0 Å². The van der Waals surface area contributed by atoms with Crippen LogP contribution in [-0.2, 0) is 19.1 Å². The minimum atomic E-state index is -0.855. The summed E-state index contributed by atoms with van der Waals surface area (Å²) in [4.78, 5) is 21.8. The van der Waals surface area contributed by atoms with Gasteiger partial charge in [0, 0.05) is 0 Å². The largest absolute Gasteiger partial charge is 0.465 e. The zero-order chi connectivity index (χ0) is 10.3. The molecule has 13 heavy (non-hydrogen) atoms. The van der Waals surface area contributed by atoms with Gasteiger partial charge in [-0.3, -0.25) is 0 Å². The number of nitrogens with zero attached hydrogens (tertiary/aromatic N) is 1. The van der Waals surface area contributed by atoms with Crippen LogP contribution in [0.2, 0.25) is 0 Å². The Morgan fingerprint density at radius 3 is 2.00 bits per heavy atom. The molecule has 0 fully saturated rings. The number of hydrogen-bond acceptors (Lipinski definition) is 6. The number of carbonyl (C=O) groups is 2. The van der Waals surface area contributed by atoms with Gasteiger partial charge >= 0.3 is 11.9 Å². The second-order valence-corrected chi connectivity index (χ2v) is 1.83. The lowest BCUT2D eigenvalue weighted by Gasteiger charge is -2.00. The molecule has 0 unspecified atom stereocenters. The molecule has 0 heterocycles. The summed E-state index contributed by atoms with van der Waals surface area (Å²) in [6.07, 6.45) is 1.85. The van der Waals surface area contributed by atoms with Crippen LogP contribution in [-0.4, -0.2) is 37.6 Å². The van der Waals surface area contributed by atoms with Gasteiger partial charge in [0.2, 0.25) is 0 Å². The number of allylic oxidation sites excluding steroid dienone is 1. The zero-order valence-corrected chi connectivity index (χ0v) is 7.18. The first kappa shape index (κ1) is 11.2. The molecule has 6 nitrogen and oxygen atoms in total. The second kappa shape index (κ2) is 5.76. The van der Waals surface area contributed by atoms with Crippen molar-refractivity contribution in [2.24, 2.45) is 5.16 Å². The molecule has 0 amide bonds. The van der Waals surface area contributed by atoms with Crippen LogP contribution in [0.25, 0.3) is 0 Å². The fraction of sp³-hybridized carbons (Fsp3) is 0.286. The Morgan fingerprint density at radius 1 is 1.23 bits per heavy atom. The van der Waals surface area contributed by atoms with Crippen molar-refractivity contribution in [2.45, 2.75) is 0 Å². The lowest BCUT2D eigenvalue weighted by Crippen LogP contribution is -2.15. The Kier molecular flexibility index (Phi) is 4.94. The molecule has 0 aliphatic carbocycles. The third-order valence-electron chi connectivity index (χ3n) is 1.12. The van der Waals surface area contributed by atoms with Crippen molar-refractivity contribution in [3.05, 3.63) is 11.6 Å². The number of hydrogen-bond donors (Lipinski definition) is 1. The molecular formula is C7H9NO5. The molecule has 0 aromatic rings. The third-order valence-corrected chi connectivity index (χ3v) is 1.12. The summed E-state index contributed by atoms with van der Waals surface area (Å²) in [5.74, 6) is -1.71. The van der Waals surface area contributed by atoms with Crippen LogP contribution >= 0.6 is 0 Å². The van der Waals surface area contributed by atoms with Crippen LogP contribution in [0.1, 0.15) is 0 Å². The highest BCUT2D eigenvalue weighted by Gasteiger charge is 2.18. The highest BCUT2D eigenvalue weighted by Crippen LogP contribution is 1.98. The standard InChI is InChI=1S/C7H9NO5/c1-12-6(9)5(3-4-8-11)7(10)13-2/h3-4,11H,1-2H3/b8-4-. The average molecular weight is 187 g/mol. The summed E-state index contributed by atoms with van der Waals surface area (Å²) in [7, 11) is 2.24. The molecule has 0 saturated heterocycles. The van der Waals surface area contributed by atoms with E-state index in [0.29, 0.717) is 0 Å². The van der Waals surface area contributed by atoms with Crippen LogP contribution in [0.5, 0.6) is 0 Å². The highest BCUT2D eigenvalue weighted by atomic mass is 16.5. The average Bonchev–Trinajstić information content (AvgIpc) is 2.17. The van der Waals surface area contributed by atoms with Crippen molar-refractivity contribution >= 4 is 18.2 Å². The number of rotatable bonds is 3. The van der Waals surface area contributed by atoms with Crippen molar-refractivity contribution in [3.8, 4) is 0 Å². The number of carbonyl (C=O) groups excluding carboxylic acids is 2. The van der Waals surface area contributed by atoms with Crippen LogP contribution in [0.4, 0.5) is 0 Å². The number of methoxy groups -OCH3 is 2. The van der Waals surface area contributed by atoms with Gasteiger partial charge in [0.05, 0.1) is 20.4 Å². The molecule has 0 aliphatic heterocycles. The van der Waals surface area contributed by atoms with Gasteiger partial charge in [-0.05, 0) is 6.08 Å². The SMILES string of the molecule is COC(=O)C(=C/C=N\O)C(=O)OC. The van der Waals surface area contributed by atoms with Gasteiger partial charge in [-0.15, -0.1) is 0 Å². The van der Waals surface area contributed by atoms with Gasteiger partial charge in [-0.25, -0.2) is 9.59 Å². The molecule has 6 heteroatoms. The van der Waals surface area contributed by atoms with Gasteiger partial charge in [-0.1, -0.05) is 5.16 Å². The van der Waals surface area contributed by atoms with Crippen molar-refractivity contribution in [3.63, 3.8) is 0 Å². The monoisotopic (exact) mass is 187 g/mol. The van der Waals surface area contributed by atoms with Gasteiger partial charge in [-0.2, -0.15) is 0 Å². The van der Waals surface area contributed by atoms with E-state index in [1.165, 1.54) is 0 Å². The summed E-state index contributed by atoms with van der Waals surface area (Å²) in [6, 6.07) is 0. The number of ether oxygens (including phenoxy) is 2. The molecule has 0 aromatic carbocycles. The second-order valence-electron chi connectivity index (χ2n) is 1.83. The maximum atomic E-state index is 10.9. The lowest BCUT2D eigenvalue weighted by molar-refractivity contribution is -0.144. The topological polar surface area (TPSA) is 85.2 Å². The molecule has 0 spiro atoms. The van der Waals surface area contributed by atoms with Gasteiger partial charge < -0.3 is 14.7 Å². The molecule has 0 aromatic heterocycles. The first-order valence-electron chi connectivity index (χ1n) is 3.21. The lowest BCUT2D eigenvalue weighted by atomic mass is 10.2. The Balaban J connectivity index is 4.75. The van der Waals surface area contributed by atoms with Crippen molar-refractivity contribution < 1.29 is 24.3 Å².